The summed E-state index contributed by atoms with van der Waals surface area (Å²) in [7, 11) is 0. The number of hydrogen-bond donors (Lipinski definition) is 2. The number of carbonyl (C=O) groups excluding carboxylic acids is 2. The lowest BCUT2D eigenvalue weighted by molar-refractivity contribution is -0.125. The molecule has 124 valence electrons. The summed E-state index contributed by atoms with van der Waals surface area (Å²) in [6.07, 6.45) is 1.42. The van der Waals surface area contributed by atoms with E-state index in [4.69, 9.17) is 0 Å². The highest BCUT2D eigenvalue weighted by Crippen LogP contribution is 2.24. The highest BCUT2D eigenvalue weighted by Gasteiger charge is 2.35. The quantitative estimate of drug-likeness (QED) is 0.907. The van der Waals surface area contributed by atoms with Gasteiger partial charge in [-0.1, -0.05) is 42.5 Å². The number of nitrogens with one attached hydrogen (secondary N) is 1. The molecular formula is C19H20N2O3. The average molecular weight is 324 g/mol. The fourth-order valence-electron chi connectivity index (χ4n) is 2.99. The minimum absolute atomic E-state index is 0.0576. The van der Waals surface area contributed by atoms with Crippen molar-refractivity contribution in [1.29, 1.82) is 0 Å². The predicted octanol–water partition coefficient (Wildman–Crippen LogP) is 2.31. The molecule has 2 aromatic carbocycles. The van der Waals surface area contributed by atoms with Crippen LogP contribution in [0.15, 0.2) is 54.6 Å². The Morgan fingerprint density at radius 3 is 2.54 bits per heavy atom. The Kier molecular flexibility index (Phi) is 4.79. The zero-order valence-corrected chi connectivity index (χ0v) is 13.3. The highest BCUT2D eigenvalue weighted by molar-refractivity contribution is 5.99. The van der Waals surface area contributed by atoms with Crippen molar-refractivity contribution in [2.75, 3.05) is 6.54 Å². The maximum atomic E-state index is 12.6. The van der Waals surface area contributed by atoms with Crippen LogP contribution in [0.4, 0.5) is 0 Å². The molecule has 0 bridgehead atoms. The third-order valence-electron chi connectivity index (χ3n) is 4.26. The Labute approximate surface area is 140 Å². The molecular weight excluding hydrogens is 304 g/mol. The minimum Gasteiger partial charge on any atom is -0.507 e. The number of benzene rings is 2. The summed E-state index contributed by atoms with van der Waals surface area (Å²) in [4.78, 5) is 26.7. The van der Waals surface area contributed by atoms with Gasteiger partial charge in [0.15, 0.2) is 0 Å². The van der Waals surface area contributed by atoms with Crippen LogP contribution in [0.1, 0.15) is 28.8 Å². The first-order valence-corrected chi connectivity index (χ1v) is 8.07. The van der Waals surface area contributed by atoms with Crippen LogP contribution in [0.5, 0.6) is 5.75 Å². The van der Waals surface area contributed by atoms with Gasteiger partial charge in [-0.25, -0.2) is 0 Å². The zero-order valence-electron chi connectivity index (χ0n) is 13.3. The molecule has 1 fully saturated rings. The second-order valence-electron chi connectivity index (χ2n) is 5.88. The zero-order chi connectivity index (χ0) is 16.9. The van der Waals surface area contributed by atoms with Gasteiger partial charge in [0, 0.05) is 13.1 Å². The first kappa shape index (κ1) is 16.1. The first-order valence-electron chi connectivity index (χ1n) is 8.07. The Hall–Kier alpha value is -2.82. The van der Waals surface area contributed by atoms with Crippen LogP contribution in [-0.4, -0.2) is 34.4 Å². The Balaban J connectivity index is 1.67. The van der Waals surface area contributed by atoms with Crippen molar-refractivity contribution in [3.63, 3.8) is 0 Å². The number of nitrogens with zero attached hydrogens (tertiary/aromatic N) is 1. The van der Waals surface area contributed by atoms with E-state index in [9.17, 15) is 14.7 Å². The number of rotatable bonds is 4. The van der Waals surface area contributed by atoms with Crippen molar-refractivity contribution in [2.24, 2.45) is 0 Å². The van der Waals surface area contributed by atoms with E-state index >= 15 is 0 Å². The molecule has 1 unspecified atom stereocenters. The third kappa shape index (κ3) is 3.40. The van der Waals surface area contributed by atoms with E-state index in [0.717, 1.165) is 12.0 Å². The van der Waals surface area contributed by atoms with Crippen molar-refractivity contribution in [2.45, 2.75) is 25.4 Å². The van der Waals surface area contributed by atoms with Crippen LogP contribution < -0.4 is 5.32 Å². The fraction of sp³-hybridized carbons (Fsp3) is 0.263. The monoisotopic (exact) mass is 324 g/mol. The van der Waals surface area contributed by atoms with Gasteiger partial charge >= 0.3 is 0 Å². The van der Waals surface area contributed by atoms with E-state index < -0.39 is 6.04 Å². The molecule has 1 aliphatic rings. The van der Waals surface area contributed by atoms with Crippen LogP contribution in [0.2, 0.25) is 0 Å². The summed E-state index contributed by atoms with van der Waals surface area (Å²) in [5, 5.41) is 12.8. The van der Waals surface area contributed by atoms with Crippen molar-refractivity contribution >= 4 is 11.8 Å². The molecule has 5 nitrogen and oxygen atoms in total. The number of phenolic OH excluding ortho intramolecular Hbond substituents is 1. The van der Waals surface area contributed by atoms with Gasteiger partial charge in [0.25, 0.3) is 5.91 Å². The number of carbonyl (C=O) groups is 2. The molecule has 0 aromatic heterocycles. The Morgan fingerprint density at radius 2 is 1.79 bits per heavy atom. The standard InChI is InChI=1S/C19H20N2O3/c22-17-11-5-4-9-15(17)19(24)21-12-6-10-16(21)18(23)20-13-14-7-2-1-3-8-14/h1-5,7-9,11,16,22H,6,10,12-13H2,(H,20,23). The van der Waals surface area contributed by atoms with Gasteiger partial charge in [0.2, 0.25) is 5.91 Å². The lowest BCUT2D eigenvalue weighted by Crippen LogP contribution is -2.45. The maximum Gasteiger partial charge on any atom is 0.258 e. The highest BCUT2D eigenvalue weighted by atomic mass is 16.3. The van der Waals surface area contributed by atoms with E-state index in [0.29, 0.717) is 19.5 Å². The summed E-state index contributed by atoms with van der Waals surface area (Å²) in [5.41, 5.74) is 1.25. The summed E-state index contributed by atoms with van der Waals surface area (Å²) in [5.74, 6) is -0.511. The largest absolute Gasteiger partial charge is 0.507 e. The summed E-state index contributed by atoms with van der Waals surface area (Å²) >= 11 is 0. The molecule has 0 spiro atoms. The SMILES string of the molecule is O=C(NCc1ccccc1)C1CCCN1C(=O)c1ccccc1O. The topological polar surface area (TPSA) is 69.6 Å². The summed E-state index contributed by atoms with van der Waals surface area (Å²) < 4.78 is 0. The van der Waals surface area contributed by atoms with E-state index in [2.05, 4.69) is 5.32 Å². The van der Waals surface area contributed by atoms with Gasteiger partial charge in [-0.3, -0.25) is 9.59 Å². The third-order valence-corrected chi connectivity index (χ3v) is 4.26. The lowest BCUT2D eigenvalue weighted by Gasteiger charge is -2.24. The number of phenols is 1. The van der Waals surface area contributed by atoms with E-state index in [1.165, 1.54) is 6.07 Å². The minimum atomic E-state index is -0.485. The molecule has 1 heterocycles. The van der Waals surface area contributed by atoms with Crippen molar-refractivity contribution in [3.8, 4) is 5.75 Å². The normalized spacial score (nSPS) is 16.8. The second kappa shape index (κ2) is 7.17. The number of likely N-dealkylation sites (tertiary alicyclic amines) is 1. The molecule has 0 aliphatic carbocycles. The molecule has 1 atom stereocenters. The second-order valence-corrected chi connectivity index (χ2v) is 5.88. The average Bonchev–Trinajstić information content (AvgIpc) is 3.10. The van der Waals surface area contributed by atoms with E-state index in [-0.39, 0.29) is 23.1 Å². The van der Waals surface area contributed by atoms with Gasteiger partial charge < -0.3 is 15.3 Å². The first-order chi connectivity index (χ1) is 11.7. The smallest absolute Gasteiger partial charge is 0.258 e. The number of hydrogen-bond acceptors (Lipinski definition) is 3. The molecule has 5 heteroatoms. The Bertz CT molecular complexity index is 730. The molecule has 3 rings (SSSR count). The van der Waals surface area contributed by atoms with Crippen LogP contribution >= 0.6 is 0 Å². The molecule has 2 amide bonds. The van der Waals surface area contributed by atoms with Gasteiger partial charge in [0.1, 0.15) is 11.8 Å². The molecule has 0 saturated carbocycles. The van der Waals surface area contributed by atoms with Gasteiger partial charge in [-0.2, -0.15) is 0 Å². The van der Waals surface area contributed by atoms with Crippen LogP contribution in [0, 0.1) is 0 Å². The summed E-state index contributed by atoms with van der Waals surface area (Å²) in [6, 6.07) is 15.6. The van der Waals surface area contributed by atoms with Gasteiger partial charge in [0.05, 0.1) is 5.56 Å². The van der Waals surface area contributed by atoms with Crippen LogP contribution in [0.25, 0.3) is 0 Å². The number of para-hydroxylation sites is 1. The fourth-order valence-corrected chi connectivity index (χ4v) is 2.99. The van der Waals surface area contributed by atoms with Crippen LogP contribution in [-0.2, 0) is 11.3 Å². The van der Waals surface area contributed by atoms with Crippen LogP contribution in [0.3, 0.4) is 0 Å². The number of amides is 2. The molecule has 1 aliphatic heterocycles. The van der Waals surface area contributed by atoms with E-state index in [1.54, 1.807) is 23.1 Å². The maximum absolute atomic E-state index is 12.6. The lowest BCUT2D eigenvalue weighted by atomic mass is 10.1. The van der Waals surface area contributed by atoms with Gasteiger partial charge in [-0.05, 0) is 30.5 Å². The van der Waals surface area contributed by atoms with Crippen molar-refractivity contribution in [3.05, 3.63) is 65.7 Å². The van der Waals surface area contributed by atoms with Crippen molar-refractivity contribution in [1.82, 2.24) is 10.2 Å². The molecule has 2 aromatic rings. The molecule has 1 saturated heterocycles. The molecule has 0 radical (unpaired) electrons. The van der Waals surface area contributed by atoms with Gasteiger partial charge in [-0.15, -0.1) is 0 Å². The summed E-state index contributed by atoms with van der Waals surface area (Å²) in [6.45, 7) is 0.964. The molecule has 2 N–H and O–H groups in total. The molecule has 24 heavy (non-hydrogen) atoms. The predicted molar refractivity (Wildman–Crippen MR) is 90.5 cm³/mol. The van der Waals surface area contributed by atoms with Crippen molar-refractivity contribution < 1.29 is 14.7 Å². The van der Waals surface area contributed by atoms with E-state index in [1.807, 2.05) is 30.3 Å². The number of aromatic hydroxyl groups is 1. The Morgan fingerprint density at radius 1 is 1.08 bits per heavy atom.